The summed E-state index contributed by atoms with van der Waals surface area (Å²) in [5.41, 5.74) is -0.438. The van der Waals surface area contributed by atoms with Crippen molar-refractivity contribution in [3.05, 3.63) is 0 Å². The van der Waals surface area contributed by atoms with Crippen LogP contribution in [0.4, 0.5) is 4.79 Å². The molecule has 4 heteroatoms. The fourth-order valence-corrected chi connectivity index (χ4v) is 3.98. The van der Waals surface area contributed by atoms with E-state index in [1.807, 2.05) is 32.6 Å². The van der Waals surface area contributed by atoms with Crippen LogP contribution in [0.3, 0.4) is 0 Å². The van der Waals surface area contributed by atoms with E-state index in [-0.39, 0.29) is 18.2 Å². The van der Waals surface area contributed by atoms with E-state index in [0.717, 1.165) is 25.8 Å². The molecule has 4 unspecified atom stereocenters. The molecular weight excluding hydrogens is 288 g/mol. The maximum Gasteiger partial charge on any atom is 0.410 e. The summed E-state index contributed by atoms with van der Waals surface area (Å²) in [6.45, 7) is 8.63. The van der Waals surface area contributed by atoms with Crippen molar-refractivity contribution in [2.45, 2.75) is 89.9 Å². The van der Waals surface area contributed by atoms with Crippen LogP contribution in [-0.2, 0) is 4.74 Å². The van der Waals surface area contributed by atoms with Crippen LogP contribution in [0.25, 0.3) is 0 Å². The lowest BCUT2D eigenvalue weighted by Gasteiger charge is -2.40. The predicted molar refractivity (Wildman–Crippen MR) is 93.1 cm³/mol. The van der Waals surface area contributed by atoms with Crippen molar-refractivity contribution in [2.75, 3.05) is 6.54 Å². The summed E-state index contributed by atoms with van der Waals surface area (Å²) >= 11 is 0. The summed E-state index contributed by atoms with van der Waals surface area (Å²) in [5, 5.41) is 3.59. The van der Waals surface area contributed by atoms with Gasteiger partial charge in [0, 0.05) is 18.6 Å². The van der Waals surface area contributed by atoms with Crippen LogP contribution in [0.5, 0.6) is 0 Å². The van der Waals surface area contributed by atoms with Crippen molar-refractivity contribution >= 4 is 6.09 Å². The van der Waals surface area contributed by atoms with Crippen LogP contribution >= 0.6 is 0 Å². The molecule has 2 fully saturated rings. The van der Waals surface area contributed by atoms with Crippen molar-refractivity contribution in [3.8, 4) is 12.3 Å². The lowest BCUT2D eigenvalue weighted by atomic mass is 9.78. The Labute approximate surface area is 141 Å². The highest BCUT2D eigenvalue weighted by Crippen LogP contribution is 2.35. The number of carbonyl (C=O) groups excluding carboxylic acids is 1. The second-order valence-electron chi connectivity index (χ2n) is 7.99. The zero-order valence-electron chi connectivity index (χ0n) is 15.1. The molecule has 1 saturated carbocycles. The predicted octanol–water partition coefficient (Wildman–Crippen LogP) is 3.56. The third-order valence-corrected chi connectivity index (χ3v) is 4.95. The molecule has 0 aromatic rings. The first kappa shape index (κ1) is 18.1. The molecule has 2 aliphatic rings. The van der Waals surface area contributed by atoms with Gasteiger partial charge in [-0.05, 0) is 59.3 Å². The molecule has 1 heterocycles. The van der Waals surface area contributed by atoms with Crippen molar-refractivity contribution in [3.63, 3.8) is 0 Å². The normalized spacial score (nSPS) is 29.9. The number of rotatable bonds is 3. The van der Waals surface area contributed by atoms with Gasteiger partial charge in [0.1, 0.15) is 5.60 Å². The lowest BCUT2D eigenvalue weighted by molar-refractivity contribution is 0.0132. The highest BCUT2D eigenvalue weighted by Gasteiger charge is 2.41. The van der Waals surface area contributed by atoms with Gasteiger partial charge in [0.15, 0.2) is 0 Å². The van der Waals surface area contributed by atoms with Gasteiger partial charge in [-0.25, -0.2) is 4.79 Å². The smallest absolute Gasteiger partial charge is 0.410 e. The van der Waals surface area contributed by atoms with Crippen LogP contribution in [0.1, 0.15) is 66.2 Å². The summed E-state index contributed by atoms with van der Waals surface area (Å²) < 4.78 is 5.61. The molecule has 1 N–H and O–H groups in total. The molecule has 130 valence electrons. The second kappa shape index (κ2) is 7.57. The zero-order valence-corrected chi connectivity index (χ0v) is 15.1. The Kier molecular flexibility index (Phi) is 5.97. The number of nitrogens with one attached hydrogen (secondary N) is 1. The molecule has 2 rings (SSSR count). The maximum absolute atomic E-state index is 12.6. The lowest BCUT2D eigenvalue weighted by Crippen LogP contribution is -2.52. The van der Waals surface area contributed by atoms with E-state index in [1.165, 1.54) is 19.3 Å². The van der Waals surface area contributed by atoms with E-state index in [1.54, 1.807) is 0 Å². The molecule has 0 aromatic carbocycles. The first-order valence-electron chi connectivity index (χ1n) is 9.03. The largest absolute Gasteiger partial charge is 0.444 e. The number of ether oxygens (including phenoxy) is 1. The first-order chi connectivity index (χ1) is 10.8. The molecule has 0 bridgehead atoms. The second-order valence-corrected chi connectivity index (χ2v) is 7.99. The Balaban J connectivity index is 2.07. The van der Waals surface area contributed by atoms with Crippen molar-refractivity contribution in [1.82, 2.24) is 10.2 Å². The van der Waals surface area contributed by atoms with E-state index in [0.29, 0.717) is 12.0 Å². The Morgan fingerprint density at radius 2 is 1.96 bits per heavy atom. The van der Waals surface area contributed by atoms with Gasteiger partial charge in [-0.2, -0.15) is 0 Å². The highest BCUT2D eigenvalue weighted by molar-refractivity contribution is 5.69. The molecule has 23 heavy (non-hydrogen) atoms. The van der Waals surface area contributed by atoms with E-state index in [9.17, 15) is 4.79 Å². The Morgan fingerprint density at radius 1 is 1.26 bits per heavy atom. The van der Waals surface area contributed by atoms with Crippen LogP contribution in [-0.4, -0.2) is 41.3 Å². The van der Waals surface area contributed by atoms with Crippen molar-refractivity contribution < 1.29 is 9.53 Å². The molecule has 4 nitrogen and oxygen atoms in total. The minimum Gasteiger partial charge on any atom is -0.444 e. The molecule has 0 aromatic heterocycles. The zero-order chi connectivity index (χ0) is 17.0. The fourth-order valence-electron chi connectivity index (χ4n) is 3.98. The molecule has 1 amide bonds. The molecule has 1 aliphatic heterocycles. The minimum absolute atomic E-state index is 0.0805. The molecule has 0 radical (unpaired) electrons. The van der Waals surface area contributed by atoms with Crippen molar-refractivity contribution in [2.24, 2.45) is 5.92 Å². The monoisotopic (exact) mass is 320 g/mol. The number of nitrogens with zero attached hydrogens (tertiary/aromatic N) is 1. The van der Waals surface area contributed by atoms with Gasteiger partial charge in [0.25, 0.3) is 0 Å². The molecular formula is C19H32N2O2. The van der Waals surface area contributed by atoms with Gasteiger partial charge in [0.2, 0.25) is 0 Å². The van der Waals surface area contributed by atoms with Gasteiger partial charge >= 0.3 is 6.09 Å². The molecule has 1 aliphatic carbocycles. The third-order valence-electron chi connectivity index (χ3n) is 4.95. The van der Waals surface area contributed by atoms with E-state index >= 15 is 0 Å². The summed E-state index contributed by atoms with van der Waals surface area (Å²) in [6, 6.07) is 0.771. The number of hydrogen-bond acceptors (Lipinski definition) is 3. The van der Waals surface area contributed by atoms with Crippen molar-refractivity contribution in [1.29, 1.82) is 0 Å². The Morgan fingerprint density at radius 3 is 2.61 bits per heavy atom. The van der Waals surface area contributed by atoms with Gasteiger partial charge in [-0.1, -0.05) is 18.8 Å². The third kappa shape index (κ3) is 4.88. The summed E-state index contributed by atoms with van der Waals surface area (Å²) in [4.78, 5) is 14.5. The van der Waals surface area contributed by atoms with Gasteiger partial charge in [0.05, 0.1) is 6.04 Å². The standard InChI is InChI=1S/C19H32N2O2/c1-6-14(2)20-16-11-8-7-10-15(16)17-12-9-13-21(17)18(22)23-19(3,4)5/h1,14-17,20H,7-13H2,2-5H3. The van der Waals surface area contributed by atoms with E-state index in [2.05, 4.69) is 11.2 Å². The van der Waals surface area contributed by atoms with Crippen LogP contribution in [0.15, 0.2) is 0 Å². The minimum atomic E-state index is -0.438. The Hall–Kier alpha value is -1.21. The van der Waals surface area contributed by atoms with Gasteiger partial charge in [-0.15, -0.1) is 6.42 Å². The highest BCUT2D eigenvalue weighted by atomic mass is 16.6. The number of amides is 1. The van der Waals surface area contributed by atoms with Crippen LogP contribution in [0, 0.1) is 18.3 Å². The Bertz CT molecular complexity index is 449. The van der Waals surface area contributed by atoms with Crippen LogP contribution < -0.4 is 5.32 Å². The number of terminal acetylenes is 1. The molecule has 0 spiro atoms. The molecule has 1 saturated heterocycles. The topological polar surface area (TPSA) is 41.6 Å². The van der Waals surface area contributed by atoms with Gasteiger partial charge < -0.3 is 15.0 Å². The quantitative estimate of drug-likeness (QED) is 0.809. The average Bonchev–Trinajstić information content (AvgIpc) is 2.95. The summed E-state index contributed by atoms with van der Waals surface area (Å²) in [5.74, 6) is 3.25. The summed E-state index contributed by atoms with van der Waals surface area (Å²) in [7, 11) is 0. The fraction of sp³-hybridized carbons (Fsp3) is 0.842. The SMILES string of the molecule is C#CC(C)NC1CCCCC1C1CCCN1C(=O)OC(C)(C)C. The van der Waals surface area contributed by atoms with E-state index in [4.69, 9.17) is 11.2 Å². The van der Waals surface area contributed by atoms with Gasteiger partial charge in [-0.3, -0.25) is 0 Å². The molecule has 4 atom stereocenters. The number of likely N-dealkylation sites (tertiary alicyclic amines) is 1. The maximum atomic E-state index is 12.6. The van der Waals surface area contributed by atoms with Crippen LogP contribution in [0.2, 0.25) is 0 Å². The number of hydrogen-bond donors (Lipinski definition) is 1. The number of carbonyl (C=O) groups is 1. The summed E-state index contributed by atoms with van der Waals surface area (Å²) in [6.07, 6.45) is 12.3. The first-order valence-corrected chi connectivity index (χ1v) is 9.03. The average molecular weight is 320 g/mol. The van der Waals surface area contributed by atoms with E-state index < -0.39 is 5.60 Å².